The number of thioether (sulfide) groups is 1. The van der Waals surface area contributed by atoms with E-state index in [0.29, 0.717) is 5.75 Å². The van der Waals surface area contributed by atoms with Crippen LogP contribution in [0.2, 0.25) is 0 Å². The fourth-order valence-corrected chi connectivity index (χ4v) is 2.24. The molecule has 2 atom stereocenters. The zero-order chi connectivity index (χ0) is 17.3. The van der Waals surface area contributed by atoms with Gasteiger partial charge in [-0.1, -0.05) is 6.92 Å². The molecule has 0 aromatic carbocycles. The largest absolute Gasteiger partial charge is 0.481 e. The summed E-state index contributed by atoms with van der Waals surface area (Å²) in [6.45, 7) is 0.881. The molecule has 0 rings (SSSR count). The summed E-state index contributed by atoms with van der Waals surface area (Å²) in [5.41, 5.74) is -3.15. The van der Waals surface area contributed by atoms with Crippen molar-refractivity contribution in [1.29, 1.82) is 0 Å². The van der Waals surface area contributed by atoms with E-state index in [1.807, 2.05) is 6.92 Å². The van der Waals surface area contributed by atoms with E-state index in [0.717, 1.165) is 6.42 Å². The zero-order valence-electron chi connectivity index (χ0n) is 11.9. The fourth-order valence-electron chi connectivity index (χ4n) is 1.33. The standard InChI is InChI=1S/C12H18O9S/c1-2-3-22-6-7(10(16)17)21-5-8(13)12(20,11(18)19)4-9(14)15/h7,20H,2-6H2,1H3,(H,14,15)(H,16,17)(H,18,19). The van der Waals surface area contributed by atoms with E-state index >= 15 is 0 Å². The highest BCUT2D eigenvalue weighted by Crippen LogP contribution is 2.15. The molecule has 0 amide bonds. The molecule has 9 nitrogen and oxygen atoms in total. The maximum Gasteiger partial charge on any atom is 0.344 e. The summed E-state index contributed by atoms with van der Waals surface area (Å²) in [5.74, 6) is -5.76. The Bertz CT molecular complexity index is 436. The van der Waals surface area contributed by atoms with Crippen LogP contribution in [0, 0.1) is 0 Å². The summed E-state index contributed by atoms with van der Waals surface area (Å²) in [6.07, 6.45) is -1.89. The Morgan fingerprint density at radius 3 is 2.18 bits per heavy atom. The average molecular weight is 338 g/mol. The number of hydrogen-bond acceptors (Lipinski definition) is 7. The van der Waals surface area contributed by atoms with E-state index in [9.17, 15) is 24.3 Å². The lowest BCUT2D eigenvalue weighted by Gasteiger charge is -2.21. The van der Waals surface area contributed by atoms with Gasteiger partial charge in [-0.15, -0.1) is 0 Å². The van der Waals surface area contributed by atoms with Crippen molar-refractivity contribution in [2.45, 2.75) is 31.5 Å². The quantitative estimate of drug-likeness (QED) is 0.269. The summed E-state index contributed by atoms with van der Waals surface area (Å²) in [6, 6.07) is 0. The Kier molecular flexibility index (Phi) is 8.68. The molecule has 22 heavy (non-hydrogen) atoms. The van der Waals surface area contributed by atoms with E-state index < -0.39 is 48.4 Å². The number of Topliss-reactive ketones (excluding diaryl/α,β-unsaturated/α-hetero) is 1. The predicted octanol–water partition coefficient (Wildman–Crippen LogP) is -0.541. The van der Waals surface area contributed by atoms with Crippen molar-refractivity contribution in [1.82, 2.24) is 0 Å². The first-order valence-electron chi connectivity index (χ1n) is 6.28. The van der Waals surface area contributed by atoms with Crippen molar-refractivity contribution in [3.05, 3.63) is 0 Å². The number of carbonyl (C=O) groups excluding carboxylic acids is 1. The van der Waals surface area contributed by atoms with Crippen LogP contribution in [0.25, 0.3) is 0 Å². The van der Waals surface area contributed by atoms with Crippen molar-refractivity contribution in [3.8, 4) is 0 Å². The highest BCUT2D eigenvalue weighted by Gasteiger charge is 2.46. The Morgan fingerprint density at radius 2 is 1.77 bits per heavy atom. The Hall–Kier alpha value is -1.65. The molecule has 4 N–H and O–H groups in total. The first kappa shape index (κ1) is 20.3. The van der Waals surface area contributed by atoms with Gasteiger partial charge >= 0.3 is 17.9 Å². The molecule has 0 saturated carbocycles. The first-order valence-corrected chi connectivity index (χ1v) is 7.43. The van der Waals surface area contributed by atoms with Crippen LogP contribution >= 0.6 is 11.8 Å². The second-order valence-electron chi connectivity index (χ2n) is 4.37. The second-order valence-corrected chi connectivity index (χ2v) is 5.52. The molecule has 10 heteroatoms. The Balaban J connectivity index is 4.74. The van der Waals surface area contributed by atoms with Crippen molar-refractivity contribution in [2.75, 3.05) is 18.1 Å². The van der Waals surface area contributed by atoms with Crippen LogP contribution < -0.4 is 0 Å². The Labute approximate surface area is 130 Å². The minimum absolute atomic E-state index is 0.0425. The number of hydrogen-bond donors (Lipinski definition) is 4. The smallest absolute Gasteiger partial charge is 0.344 e. The van der Waals surface area contributed by atoms with Crippen molar-refractivity contribution >= 4 is 35.5 Å². The molecule has 0 heterocycles. The highest BCUT2D eigenvalue weighted by atomic mass is 32.2. The molecule has 0 bridgehead atoms. The third kappa shape index (κ3) is 6.41. The number of ketones is 1. The molecule has 0 aromatic heterocycles. The first-order chi connectivity index (χ1) is 10.1. The number of ether oxygens (including phenoxy) is 1. The van der Waals surface area contributed by atoms with Gasteiger partial charge in [0.15, 0.2) is 6.10 Å². The van der Waals surface area contributed by atoms with E-state index in [1.54, 1.807) is 0 Å². The lowest BCUT2D eigenvalue weighted by atomic mass is 9.95. The zero-order valence-corrected chi connectivity index (χ0v) is 12.7. The molecular weight excluding hydrogens is 320 g/mol. The number of aliphatic hydroxyl groups is 1. The number of carboxylic acids is 3. The molecule has 126 valence electrons. The SMILES string of the molecule is CCCSCC(OCC(=O)C(O)(CC(=O)O)C(=O)O)C(=O)O. The van der Waals surface area contributed by atoms with E-state index in [1.165, 1.54) is 11.8 Å². The van der Waals surface area contributed by atoms with E-state index in [-0.39, 0.29) is 5.75 Å². The normalized spacial score (nSPS) is 14.8. The molecule has 0 saturated heterocycles. The third-order valence-electron chi connectivity index (χ3n) is 2.53. The van der Waals surface area contributed by atoms with Crippen LogP contribution in [-0.4, -0.2) is 73.9 Å². The number of aliphatic carboxylic acids is 3. The number of carboxylic acid groups (broad SMARTS) is 3. The minimum atomic E-state index is -3.15. The molecule has 2 unspecified atom stereocenters. The van der Waals surface area contributed by atoms with Crippen molar-refractivity contribution < 1.29 is 44.3 Å². The van der Waals surface area contributed by atoms with Crippen LogP contribution in [0.1, 0.15) is 19.8 Å². The van der Waals surface area contributed by atoms with Crippen LogP contribution in [0.15, 0.2) is 0 Å². The highest BCUT2D eigenvalue weighted by molar-refractivity contribution is 7.99. The molecule has 0 spiro atoms. The van der Waals surface area contributed by atoms with E-state index in [4.69, 9.17) is 20.1 Å². The Morgan fingerprint density at radius 1 is 1.18 bits per heavy atom. The van der Waals surface area contributed by atoms with Gasteiger partial charge in [-0.25, -0.2) is 9.59 Å². The van der Waals surface area contributed by atoms with Gasteiger partial charge in [-0.3, -0.25) is 9.59 Å². The van der Waals surface area contributed by atoms with Gasteiger partial charge in [0, 0.05) is 5.75 Å². The van der Waals surface area contributed by atoms with Crippen molar-refractivity contribution in [2.24, 2.45) is 0 Å². The second kappa shape index (κ2) is 9.38. The van der Waals surface area contributed by atoms with Crippen molar-refractivity contribution in [3.63, 3.8) is 0 Å². The lowest BCUT2D eigenvalue weighted by Crippen LogP contribution is -2.50. The number of rotatable bonds is 12. The fraction of sp³-hybridized carbons (Fsp3) is 0.667. The summed E-state index contributed by atoms with van der Waals surface area (Å²) in [5, 5.41) is 35.9. The van der Waals surface area contributed by atoms with Crippen LogP contribution in [0.4, 0.5) is 0 Å². The molecular formula is C12H18O9S. The molecule has 0 aliphatic rings. The molecule has 0 aliphatic carbocycles. The predicted molar refractivity (Wildman–Crippen MR) is 74.8 cm³/mol. The topological polar surface area (TPSA) is 158 Å². The summed E-state index contributed by atoms with van der Waals surface area (Å²) >= 11 is 1.28. The monoisotopic (exact) mass is 338 g/mol. The van der Waals surface area contributed by atoms with Gasteiger partial charge in [0.2, 0.25) is 11.4 Å². The molecule has 0 fully saturated rings. The molecule has 0 aromatic rings. The summed E-state index contributed by atoms with van der Waals surface area (Å²) < 4.78 is 4.80. The van der Waals surface area contributed by atoms with Gasteiger partial charge in [0.25, 0.3) is 0 Å². The average Bonchev–Trinajstić information content (AvgIpc) is 2.40. The third-order valence-corrected chi connectivity index (χ3v) is 3.77. The lowest BCUT2D eigenvalue weighted by molar-refractivity contribution is -0.174. The van der Waals surface area contributed by atoms with Gasteiger partial charge in [0.05, 0.1) is 6.42 Å². The maximum absolute atomic E-state index is 11.7. The van der Waals surface area contributed by atoms with Crippen LogP contribution in [0.3, 0.4) is 0 Å². The van der Waals surface area contributed by atoms with E-state index in [2.05, 4.69) is 0 Å². The van der Waals surface area contributed by atoms with Gasteiger partial charge in [0.1, 0.15) is 6.61 Å². The maximum atomic E-state index is 11.7. The minimum Gasteiger partial charge on any atom is -0.481 e. The molecule has 0 radical (unpaired) electrons. The van der Waals surface area contributed by atoms with Crippen LogP contribution in [0.5, 0.6) is 0 Å². The van der Waals surface area contributed by atoms with Gasteiger partial charge in [-0.05, 0) is 12.2 Å². The van der Waals surface area contributed by atoms with Crippen LogP contribution in [-0.2, 0) is 23.9 Å². The van der Waals surface area contributed by atoms with Gasteiger partial charge in [-0.2, -0.15) is 11.8 Å². The van der Waals surface area contributed by atoms with Gasteiger partial charge < -0.3 is 25.2 Å². The number of carbonyl (C=O) groups is 4. The summed E-state index contributed by atoms with van der Waals surface area (Å²) in [4.78, 5) is 44.0. The summed E-state index contributed by atoms with van der Waals surface area (Å²) in [7, 11) is 0. The molecule has 0 aliphatic heterocycles.